The predicted octanol–water partition coefficient (Wildman–Crippen LogP) is 5.23. The van der Waals surface area contributed by atoms with Crippen molar-refractivity contribution >= 4 is 41.7 Å². The summed E-state index contributed by atoms with van der Waals surface area (Å²) >= 11 is 0. The van der Waals surface area contributed by atoms with Gasteiger partial charge in [-0.2, -0.15) is 0 Å². The number of epoxide rings is 1. The van der Waals surface area contributed by atoms with Crippen LogP contribution in [-0.2, 0) is 57.6 Å². The van der Waals surface area contributed by atoms with E-state index in [2.05, 4.69) is 21.3 Å². The molecule has 3 aromatic rings. The number of hydrogen-bond acceptors (Lipinski definition) is 11. The number of nitrogens with zero attached hydrogens (tertiary/aromatic N) is 1. The first-order valence-electron chi connectivity index (χ1n) is 23.3. The molecule has 5 atom stereocenters. The fourth-order valence-corrected chi connectivity index (χ4v) is 7.35. The van der Waals surface area contributed by atoms with E-state index in [9.17, 15) is 33.6 Å². The SMILES string of the molecule is CCCOCCN(CC(=O)N[C@@H](CCc1ccccc1)C(=O)N[C@@H](C)C(=O)N[C@@H](Cc1ccccc1)C(=O)N[C@@H](CC(C)C)C(=O)[C@@]1(C)CO1)Cc1cc(C)c(OC(=O)C(C)(C)C)c(C=O)c1. The van der Waals surface area contributed by atoms with Crippen LogP contribution in [0.3, 0.4) is 0 Å². The molecular formula is C52H71N5O10. The lowest BCUT2D eigenvalue weighted by molar-refractivity contribution is -0.143. The zero-order chi connectivity index (χ0) is 49.3. The fraction of sp³-hybridized carbons (Fsp3) is 0.519. The van der Waals surface area contributed by atoms with Crippen molar-refractivity contribution in [2.24, 2.45) is 11.3 Å². The van der Waals surface area contributed by atoms with Gasteiger partial charge < -0.3 is 35.5 Å². The second-order valence-electron chi connectivity index (χ2n) is 19.1. The highest BCUT2D eigenvalue weighted by Crippen LogP contribution is 2.30. The van der Waals surface area contributed by atoms with Crippen molar-refractivity contribution < 1.29 is 47.8 Å². The number of aldehydes is 1. The summed E-state index contributed by atoms with van der Waals surface area (Å²) in [6.07, 6.45) is 2.59. The second-order valence-corrected chi connectivity index (χ2v) is 19.1. The summed E-state index contributed by atoms with van der Waals surface area (Å²) in [6.45, 7) is 17.6. The Labute approximate surface area is 395 Å². The number of nitrogens with one attached hydrogen (secondary N) is 4. The topological polar surface area (TPSA) is 202 Å². The van der Waals surface area contributed by atoms with Gasteiger partial charge in [0.1, 0.15) is 29.5 Å². The average Bonchev–Trinajstić information content (AvgIpc) is 4.04. The maximum absolute atomic E-state index is 14.1. The molecule has 0 spiro atoms. The molecule has 0 radical (unpaired) electrons. The Morgan fingerprint density at radius 1 is 0.806 bits per heavy atom. The van der Waals surface area contributed by atoms with Gasteiger partial charge in [0.25, 0.3) is 0 Å². The number of esters is 1. The minimum absolute atomic E-state index is 0.0818. The summed E-state index contributed by atoms with van der Waals surface area (Å²) in [5.41, 5.74) is 1.44. The third-order valence-corrected chi connectivity index (χ3v) is 11.3. The van der Waals surface area contributed by atoms with Crippen molar-refractivity contribution in [1.29, 1.82) is 0 Å². The minimum atomic E-state index is -1.13. The Morgan fingerprint density at radius 3 is 2.00 bits per heavy atom. The first-order valence-corrected chi connectivity index (χ1v) is 23.3. The maximum atomic E-state index is 14.1. The number of ether oxygens (including phenoxy) is 3. The fourth-order valence-electron chi connectivity index (χ4n) is 7.35. The van der Waals surface area contributed by atoms with Crippen LogP contribution in [-0.4, -0.2) is 109 Å². The third kappa shape index (κ3) is 17.4. The van der Waals surface area contributed by atoms with Crippen LogP contribution in [0, 0.1) is 18.3 Å². The van der Waals surface area contributed by atoms with E-state index in [-0.39, 0.29) is 55.6 Å². The van der Waals surface area contributed by atoms with Crippen LogP contribution >= 0.6 is 0 Å². The van der Waals surface area contributed by atoms with Gasteiger partial charge in [0.2, 0.25) is 23.6 Å². The zero-order valence-electron chi connectivity index (χ0n) is 40.7. The lowest BCUT2D eigenvalue weighted by Gasteiger charge is -2.27. The monoisotopic (exact) mass is 926 g/mol. The van der Waals surface area contributed by atoms with E-state index in [0.29, 0.717) is 50.0 Å². The Balaban J connectivity index is 1.52. The predicted molar refractivity (Wildman–Crippen MR) is 255 cm³/mol. The van der Waals surface area contributed by atoms with Gasteiger partial charge in [-0.1, -0.05) is 87.5 Å². The molecule has 0 saturated carbocycles. The molecule has 4 N–H and O–H groups in total. The summed E-state index contributed by atoms with van der Waals surface area (Å²) in [7, 11) is 0. The molecule has 0 aromatic heterocycles. The average molecular weight is 926 g/mol. The highest BCUT2D eigenvalue weighted by Gasteiger charge is 2.50. The van der Waals surface area contributed by atoms with Gasteiger partial charge in [-0.05, 0) is 101 Å². The van der Waals surface area contributed by atoms with E-state index in [1.54, 1.807) is 46.8 Å². The third-order valence-electron chi connectivity index (χ3n) is 11.3. The molecule has 3 aromatic carbocycles. The lowest BCUT2D eigenvalue weighted by Crippen LogP contribution is -2.58. The lowest BCUT2D eigenvalue weighted by atomic mass is 9.93. The van der Waals surface area contributed by atoms with Crippen LogP contribution in [0.15, 0.2) is 72.8 Å². The van der Waals surface area contributed by atoms with Gasteiger partial charge >= 0.3 is 5.97 Å². The van der Waals surface area contributed by atoms with Gasteiger partial charge in [0.05, 0.1) is 36.8 Å². The first kappa shape index (κ1) is 53.8. The summed E-state index contributed by atoms with van der Waals surface area (Å²) < 4.78 is 16.8. The number of carbonyl (C=O) groups is 7. The van der Waals surface area contributed by atoms with Gasteiger partial charge in [-0.3, -0.25) is 38.5 Å². The maximum Gasteiger partial charge on any atom is 0.316 e. The molecule has 4 rings (SSSR count). The molecule has 0 unspecified atom stereocenters. The van der Waals surface area contributed by atoms with Crippen LogP contribution in [0.5, 0.6) is 5.75 Å². The van der Waals surface area contributed by atoms with Crippen LogP contribution in [0.1, 0.15) is 107 Å². The van der Waals surface area contributed by atoms with Crippen molar-refractivity contribution in [3.8, 4) is 5.75 Å². The molecule has 1 heterocycles. The van der Waals surface area contributed by atoms with Crippen molar-refractivity contribution in [1.82, 2.24) is 26.2 Å². The standard InChI is InChI=1S/C52H71N5O10/c1-10-24-65-25-23-57(30-39-27-35(4)45(40(28-39)32-58)67-50(64)51(6,7)8)31-44(59)54-41(22-21-37-17-13-11-14-18-37)48(62)53-36(5)47(61)56-43(29-38-19-15-12-16-20-38)49(63)55-42(26-34(2)3)46(60)52(9)33-66-52/h11-20,27-28,32,34,36,41-43H,10,21-26,29-31,33H2,1-9H3,(H,53,62)(H,54,59)(H,55,63)(H,56,61)/t36-,41-,42-,43-,52+/m0/s1. The van der Waals surface area contributed by atoms with E-state index in [4.69, 9.17) is 14.2 Å². The van der Waals surface area contributed by atoms with Gasteiger partial charge in [-0.25, -0.2) is 0 Å². The number of benzene rings is 3. The Morgan fingerprint density at radius 2 is 1.42 bits per heavy atom. The normalized spacial score (nSPS) is 16.3. The molecule has 0 bridgehead atoms. The summed E-state index contributed by atoms with van der Waals surface area (Å²) in [5.74, 6) is -2.68. The Bertz CT molecular complexity index is 2150. The van der Waals surface area contributed by atoms with Crippen molar-refractivity contribution in [2.45, 2.75) is 131 Å². The van der Waals surface area contributed by atoms with E-state index in [1.807, 2.05) is 86.3 Å². The first-order chi connectivity index (χ1) is 31.7. The minimum Gasteiger partial charge on any atom is -0.425 e. The summed E-state index contributed by atoms with van der Waals surface area (Å²) in [4.78, 5) is 96.1. The van der Waals surface area contributed by atoms with E-state index in [0.717, 1.165) is 17.5 Å². The summed E-state index contributed by atoms with van der Waals surface area (Å²) in [6, 6.07) is 18.0. The molecular weight excluding hydrogens is 855 g/mol. The molecule has 1 fully saturated rings. The van der Waals surface area contributed by atoms with E-state index < -0.39 is 64.8 Å². The van der Waals surface area contributed by atoms with Gasteiger partial charge in [0, 0.05) is 26.1 Å². The number of ketones is 1. The van der Waals surface area contributed by atoms with Gasteiger partial charge in [0.15, 0.2) is 12.1 Å². The Kier molecular flexibility index (Phi) is 20.4. The number of aryl methyl sites for hydroxylation is 2. The van der Waals surface area contributed by atoms with Crippen LogP contribution in [0.2, 0.25) is 0 Å². The summed E-state index contributed by atoms with van der Waals surface area (Å²) in [5, 5.41) is 11.3. The molecule has 1 saturated heterocycles. The molecule has 1 aliphatic heterocycles. The molecule has 364 valence electrons. The molecule has 4 amide bonds. The number of hydrogen-bond donors (Lipinski definition) is 4. The number of Topliss-reactive ketones (excluding diaryl/α,β-unsaturated/α-hetero) is 1. The highest BCUT2D eigenvalue weighted by atomic mass is 16.6. The second kappa shape index (κ2) is 25.4. The van der Waals surface area contributed by atoms with E-state index in [1.165, 1.54) is 6.92 Å². The largest absolute Gasteiger partial charge is 0.425 e. The molecule has 67 heavy (non-hydrogen) atoms. The Hall–Kier alpha value is -5.77. The highest BCUT2D eigenvalue weighted by molar-refractivity contribution is 5.99. The molecule has 15 nitrogen and oxygen atoms in total. The molecule has 1 aliphatic rings. The van der Waals surface area contributed by atoms with Gasteiger partial charge in [-0.15, -0.1) is 0 Å². The van der Waals surface area contributed by atoms with Crippen molar-refractivity contribution in [3.05, 3.63) is 101 Å². The van der Waals surface area contributed by atoms with Crippen molar-refractivity contribution in [2.75, 3.05) is 32.9 Å². The number of carbonyl (C=O) groups excluding carboxylic acids is 7. The molecule has 15 heteroatoms. The van der Waals surface area contributed by atoms with Crippen LogP contribution in [0.25, 0.3) is 0 Å². The zero-order valence-corrected chi connectivity index (χ0v) is 40.7. The van der Waals surface area contributed by atoms with E-state index >= 15 is 0 Å². The van der Waals surface area contributed by atoms with Crippen LogP contribution < -0.4 is 26.0 Å². The molecule has 0 aliphatic carbocycles. The van der Waals surface area contributed by atoms with Crippen LogP contribution in [0.4, 0.5) is 0 Å². The van der Waals surface area contributed by atoms with Crippen molar-refractivity contribution in [3.63, 3.8) is 0 Å². The quantitative estimate of drug-likeness (QED) is 0.0257. The number of rotatable bonds is 27. The number of amides is 4. The smallest absolute Gasteiger partial charge is 0.316 e.